The quantitative estimate of drug-likeness (QED) is 0.558. The number of ether oxygens (including phenoxy) is 1. The van der Waals surface area contributed by atoms with Crippen LogP contribution in [0.15, 0.2) is 30.3 Å². The van der Waals surface area contributed by atoms with Crippen molar-refractivity contribution >= 4 is 29.2 Å². The summed E-state index contributed by atoms with van der Waals surface area (Å²) in [5, 5.41) is 10.5. The van der Waals surface area contributed by atoms with Crippen LogP contribution in [0.25, 0.3) is 0 Å². The molecule has 160 valence electrons. The van der Waals surface area contributed by atoms with E-state index in [1.807, 2.05) is 12.1 Å². The number of rotatable bonds is 6. The molecule has 1 heterocycles. The van der Waals surface area contributed by atoms with Crippen molar-refractivity contribution in [1.29, 1.82) is 0 Å². The van der Waals surface area contributed by atoms with Crippen molar-refractivity contribution in [3.05, 3.63) is 62.9 Å². The highest BCUT2D eigenvalue weighted by atomic mass is 35.5. The minimum absolute atomic E-state index is 0.0940. The number of likely N-dealkylation sites (tertiary alicyclic amines) is 1. The molecule has 2 aliphatic rings. The minimum atomic E-state index is -1.25. The zero-order valence-electron chi connectivity index (χ0n) is 16.7. The second-order valence-corrected chi connectivity index (χ2v) is 9.08. The number of carbonyl (C=O) groups is 1. The fourth-order valence-corrected chi connectivity index (χ4v) is 4.71. The smallest absolute Gasteiger partial charge is 0.338 e. The summed E-state index contributed by atoms with van der Waals surface area (Å²) < 4.78 is 20.6. The Kier molecular flexibility index (Phi) is 6.24. The third-order valence-electron chi connectivity index (χ3n) is 5.97. The van der Waals surface area contributed by atoms with Gasteiger partial charge in [0.1, 0.15) is 17.7 Å². The van der Waals surface area contributed by atoms with E-state index in [1.165, 1.54) is 12.1 Å². The average molecular weight is 452 g/mol. The third kappa shape index (κ3) is 4.74. The number of carboxylic acids is 1. The van der Waals surface area contributed by atoms with Crippen LogP contribution in [0.4, 0.5) is 4.39 Å². The molecule has 1 unspecified atom stereocenters. The maximum atomic E-state index is 14.3. The molecule has 0 amide bonds. The van der Waals surface area contributed by atoms with Gasteiger partial charge in [-0.1, -0.05) is 23.2 Å². The average Bonchev–Trinajstić information content (AvgIpc) is 3.52. The van der Waals surface area contributed by atoms with E-state index in [2.05, 4.69) is 11.8 Å². The number of halogens is 3. The van der Waals surface area contributed by atoms with Crippen molar-refractivity contribution in [3.8, 4) is 5.75 Å². The Labute approximate surface area is 185 Å². The molecule has 1 saturated carbocycles. The molecule has 1 aliphatic carbocycles. The highest BCUT2D eigenvalue weighted by molar-refractivity contribution is 6.34. The Morgan fingerprint density at radius 3 is 2.50 bits per heavy atom. The summed E-state index contributed by atoms with van der Waals surface area (Å²) in [6.45, 7) is 3.73. The molecule has 2 fully saturated rings. The van der Waals surface area contributed by atoms with Gasteiger partial charge < -0.3 is 9.84 Å². The van der Waals surface area contributed by atoms with E-state index < -0.39 is 11.8 Å². The maximum absolute atomic E-state index is 14.3. The molecule has 30 heavy (non-hydrogen) atoms. The first kappa shape index (κ1) is 21.4. The van der Waals surface area contributed by atoms with Gasteiger partial charge in [-0.05, 0) is 80.5 Å². The molecule has 7 heteroatoms. The van der Waals surface area contributed by atoms with E-state index in [0.29, 0.717) is 22.3 Å². The van der Waals surface area contributed by atoms with Crippen molar-refractivity contribution in [2.24, 2.45) is 0 Å². The Hall–Kier alpha value is -1.82. The molecule has 2 atom stereocenters. The maximum Gasteiger partial charge on any atom is 0.338 e. The summed E-state index contributed by atoms with van der Waals surface area (Å²) in [6, 6.07) is 8.37. The third-order valence-corrected chi connectivity index (χ3v) is 6.40. The van der Waals surface area contributed by atoms with Crippen LogP contribution in [0.3, 0.4) is 0 Å². The fraction of sp³-hybridized carbons (Fsp3) is 0.435. The van der Waals surface area contributed by atoms with Crippen molar-refractivity contribution in [2.75, 3.05) is 13.1 Å². The number of nitrogens with zero attached hydrogens (tertiary/aromatic N) is 1. The molecule has 4 nitrogen and oxygen atoms in total. The van der Waals surface area contributed by atoms with E-state index in [-0.39, 0.29) is 23.6 Å². The molecular weight excluding hydrogens is 428 g/mol. The summed E-state index contributed by atoms with van der Waals surface area (Å²) in [7, 11) is 0. The summed E-state index contributed by atoms with van der Waals surface area (Å²) in [5.74, 6) is -1.27. The van der Waals surface area contributed by atoms with Gasteiger partial charge in [0.05, 0.1) is 5.56 Å². The summed E-state index contributed by atoms with van der Waals surface area (Å²) >= 11 is 12.3. The first-order valence-corrected chi connectivity index (χ1v) is 11.0. The van der Waals surface area contributed by atoms with Gasteiger partial charge in [-0.3, -0.25) is 4.90 Å². The van der Waals surface area contributed by atoms with Crippen LogP contribution >= 0.6 is 23.2 Å². The molecule has 4 rings (SSSR count). The zero-order chi connectivity index (χ0) is 21.4. The standard InChI is InChI=1S/C23H24Cl2FNO3/c1-13(15-7-16(24)9-17(25)8-15)27-6-2-3-18(12-27)30-22-11-21(26)20(23(28)29)10-19(22)14-4-5-14/h7-11,13-14,18H,2-6,12H2,1H3,(H,28,29)/t13?,18-/m1/s1. The lowest BCUT2D eigenvalue weighted by Crippen LogP contribution is -2.42. The Morgan fingerprint density at radius 2 is 1.87 bits per heavy atom. The van der Waals surface area contributed by atoms with Crippen molar-refractivity contribution in [1.82, 2.24) is 4.90 Å². The SMILES string of the molecule is CC(c1cc(Cl)cc(Cl)c1)N1CCC[C@@H](Oc2cc(F)c(C(=O)O)cc2C2CC2)C1. The number of carboxylic acid groups (broad SMARTS) is 1. The van der Waals surface area contributed by atoms with Crippen LogP contribution in [-0.4, -0.2) is 35.2 Å². The molecule has 0 aromatic heterocycles. The highest BCUT2D eigenvalue weighted by Crippen LogP contribution is 2.45. The van der Waals surface area contributed by atoms with Gasteiger partial charge in [-0.25, -0.2) is 9.18 Å². The van der Waals surface area contributed by atoms with Crippen molar-refractivity contribution < 1.29 is 19.0 Å². The van der Waals surface area contributed by atoms with Crippen LogP contribution in [0.2, 0.25) is 10.0 Å². The summed E-state index contributed by atoms with van der Waals surface area (Å²) in [5.41, 5.74) is 1.56. The van der Waals surface area contributed by atoms with Crippen LogP contribution in [0.5, 0.6) is 5.75 Å². The molecule has 0 spiro atoms. The van der Waals surface area contributed by atoms with Gasteiger partial charge >= 0.3 is 5.97 Å². The van der Waals surface area contributed by atoms with E-state index >= 15 is 0 Å². The van der Waals surface area contributed by atoms with Crippen molar-refractivity contribution in [2.45, 2.75) is 50.7 Å². The zero-order valence-corrected chi connectivity index (χ0v) is 18.2. The van der Waals surface area contributed by atoms with Crippen LogP contribution in [0.1, 0.15) is 66.1 Å². The number of aromatic carboxylic acids is 1. The second-order valence-electron chi connectivity index (χ2n) is 8.21. The first-order valence-electron chi connectivity index (χ1n) is 10.2. The second kappa shape index (κ2) is 8.74. The van der Waals surface area contributed by atoms with Gasteiger partial charge in [0.2, 0.25) is 0 Å². The van der Waals surface area contributed by atoms with Gasteiger partial charge in [0.25, 0.3) is 0 Å². The molecule has 2 aromatic carbocycles. The molecular formula is C23H24Cl2FNO3. The van der Waals surface area contributed by atoms with Crippen LogP contribution in [-0.2, 0) is 0 Å². The molecule has 0 radical (unpaired) electrons. The van der Waals surface area contributed by atoms with Crippen LogP contribution < -0.4 is 4.74 Å². The number of hydrogen-bond donors (Lipinski definition) is 1. The van der Waals surface area contributed by atoms with E-state index in [1.54, 1.807) is 6.07 Å². The van der Waals surface area contributed by atoms with Gasteiger partial charge in [-0.15, -0.1) is 0 Å². The van der Waals surface area contributed by atoms with Gasteiger partial charge in [0, 0.05) is 28.7 Å². The predicted octanol–water partition coefficient (Wildman–Crippen LogP) is 6.31. The lowest BCUT2D eigenvalue weighted by atomic mass is 10.0. The Morgan fingerprint density at radius 1 is 1.17 bits per heavy atom. The summed E-state index contributed by atoms with van der Waals surface area (Å²) in [6.07, 6.45) is 3.68. The Balaban J connectivity index is 1.52. The van der Waals surface area contributed by atoms with Gasteiger partial charge in [-0.2, -0.15) is 0 Å². The topological polar surface area (TPSA) is 49.8 Å². The van der Waals surface area contributed by atoms with E-state index in [0.717, 1.165) is 43.4 Å². The van der Waals surface area contributed by atoms with E-state index in [4.69, 9.17) is 27.9 Å². The van der Waals surface area contributed by atoms with Crippen LogP contribution in [0, 0.1) is 5.82 Å². The summed E-state index contributed by atoms with van der Waals surface area (Å²) in [4.78, 5) is 13.6. The molecule has 1 saturated heterocycles. The van der Waals surface area contributed by atoms with E-state index in [9.17, 15) is 14.3 Å². The molecule has 0 bridgehead atoms. The lowest BCUT2D eigenvalue weighted by Gasteiger charge is -2.37. The normalized spacial score (nSPS) is 20.7. The lowest BCUT2D eigenvalue weighted by molar-refractivity contribution is 0.0647. The fourth-order valence-electron chi connectivity index (χ4n) is 4.17. The molecule has 2 aromatic rings. The highest BCUT2D eigenvalue weighted by Gasteiger charge is 2.32. The predicted molar refractivity (Wildman–Crippen MR) is 115 cm³/mol. The molecule has 1 N–H and O–H groups in total. The van der Waals surface area contributed by atoms with Gasteiger partial charge in [0.15, 0.2) is 0 Å². The van der Waals surface area contributed by atoms with Crippen molar-refractivity contribution in [3.63, 3.8) is 0 Å². The monoisotopic (exact) mass is 451 g/mol. The Bertz CT molecular complexity index is 943. The number of benzene rings is 2. The number of hydrogen-bond acceptors (Lipinski definition) is 3. The minimum Gasteiger partial charge on any atom is -0.489 e. The largest absolute Gasteiger partial charge is 0.489 e. The number of piperidine rings is 1. The molecule has 1 aliphatic heterocycles. The first-order chi connectivity index (χ1) is 14.3.